The van der Waals surface area contributed by atoms with Crippen molar-refractivity contribution in [2.24, 2.45) is 23.7 Å². The first-order chi connectivity index (χ1) is 7.08. The number of carbonyl (C=O) groups excluding carboxylic acids is 1. The number of fused-ring (bicyclic) bond motifs is 1. The van der Waals surface area contributed by atoms with E-state index in [1.165, 1.54) is 12.8 Å². The number of hydrogen-bond donors (Lipinski definition) is 0. The topological polar surface area (TPSA) is 26.3 Å². The van der Waals surface area contributed by atoms with Crippen LogP contribution >= 0.6 is 0 Å². The summed E-state index contributed by atoms with van der Waals surface area (Å²) in [6.45, 7) is 6.86. The van der Waals surface area contributed by atoms with E-state index in [1.54, 1.807) is 0 Å². The van der Waals surface area contributed by atoms with Crippen LogP contribution in [0.5, 0.6) is 0 Å². The Labute approximate surface area is 92.4 Å². The molecule has 2 aliphatic rings. The van der Waals surface area contributed by atoms with Gasteiger partial charge in [0.1, 0.15) is 6.10 Å². The molecule has 15 heavy (non-hydrogen) atoms. The molecule has 0 unspecified atom stereocenters. The Balaban J connectivity index is 1.94. The van der Waals surface area contributed by atoms with Gasteiger partial charge < -0.3 is 4.74 Å². The zero-order valence-electron chi connectivity index (χ0n) is 10.0. The average Bonchev–Trinajstić information content (AvgIpc) is 2.57. The van der Waals surface area contributed by atoms with Gasteiger partial charge in [0.15, 0.2) is 0 Å². The van der Waals surface area contributed by atoms with E-state index in [1.807, 2.05) is 0 Å². The molecule has 2 nitrogen and oxygen atoms in total. The van der Waals surface area contributed by atoms with E-state index in [4.69, 9.17) is 4.74 Å². The van der Waals surface area contributed by atoms with Crippen molar-refractivity contribution >= 4 is 5.97 Å². The molecule has 2 rings (SSSR count). The van der Waals surface area contributed by atoms with Crippen LogP contribution in [0.2, 0.25) is 0 Å². The molecule has 0 aromatic heterocycles. The van der Waals surface area contributed by atoms with E-state index in [0.29, 0.717) is 12.3 Å². The van der Waals surface area contributed by atoms with E-state index >= 15 is 0 Å². The normalized spacial score (nSPS) is 39.6. The van der Waals surface area contributed by atoms with Crippen LogP contribution in [0.25, 0.3) is 0 Å². The largest absolute Gasteiger partial charge is 0.462 e. The number of rotatable bonds is 3. The smallest absolute Gasteiger partial charge is 0.306 e. The van der Waals surface area contributed by atoms with Crippen molar-refractivity contribution in [2.45, 2.75) is 52.6 Å². The first-order valence-electron chi connectivity index (χ1n) is 6.27. The monoisotopic (exact) mass is 210 g/mol. The number of esters is 1. The molecule has 0 N–H and O–H groups in total. The van der Waals surface area contributed by atoms with Gasteiger partial charge in [-0.3, -0.25) is 4.79 Å². The molecule has 1 saturated carbocycles. The summed E-state index contributed by atoms with van der Waals surface area (Å²) in [5.41, 5.74) is 0. The van der Waals surface area contributed by atoms with Gasteiger partial charge in [0.05, 0.1) is 6.42 Å². The fraction of sp³-hybridized carbons (Fsp3) is 0.923. The molecule has 86 valence electrons. The van der Waals surface area contributed by atoms with Gasteiger partial charge in [-0.25, -0.2) is 0 Å². The van der Waals surface area contributed by atoms with Crippen molar-refractivity contribution in [1.29, 1.82) is 0 Å². The Morgan fingerprint density at radius 3 is 2.87 bits per heavy atom. The van der Waals surface area contributed by atoms with Crippen LogP contribution in [0.1, 0.15) is 46.5 Å². The molecule has 0 amide bonds. The second-order valence-electron chi connectivity index (χ2n) is 5.74. The number of ether oxygens (including phenoxy) is 1. The summed E-state index contributed by atoms with van der Waals surface area (Å²) in [6.07, 6.45) is 4.59. The van der Waals surface area contributed by atoms with Crippen LogP contribution in [-0.2, 0) is 9.53 Å². The van der Waals surface area contributed by atoms with Crippen molar-refractivity contribution in [3.63, 3.8) is 0 Å². The number of hydrogen-bond acceptors (Lipinski definition) is 2. The third-order valence-corrected chi connectivity index (χ3v) is 4.13. The molecule has 1 aliphatic heterocycles. The van der Waals surface area contributed by atoms with E-state index in [2.05, 4.69) is 20.8 Å². The average molecular weight is 210 g/mol. The van der Waals surface area contributed by atoms with Gasteiger partial charge in [0, 0.05) is 5.92 Å². The predicted molar refractivity (Wildman–Crippen MR) is 59.3 cm³/mol. The van der Waals surface area contributed by atoms with Gasteiger partial charge in [0.25, 0.3) is 0 Å². The van der Waals surface area contributed by atoms with Crippen LogP contribution in [0, 0.1) is 23.7 Å². The van der Waals surface area contributed by atoms with Gasteiger partial charge in [-0.2, -0.15) is 0 Å². The highest BCUT2D eigenvalue weighted by Gasteiger charge is 2.47. The Morgan fingerprint density at radius 1 is 1.47 bits per heavy atom. The molecule has 2 fully saturated rings. The summed E-state index contributed by atoms with van der Waals surface area (Å²) in [5.74, 6) is 2.81. The molecule has 4 atom stereocenters. The van der Waals surface area contributed by atoms with Crippen molar-refractivity contribution in [3.05, 3.63) is 0 Å². The highest BCUT2D eigenvalue weighted by atomic mass is 16.6. The molecule has 0 aromatic carbocycles. The Bertz CT molecular complexity index is 247. The van der Waals surface area contributed by atoms with Crippen LogP contribution in [0.4, 0.5) is 0 Å². The summed E-state index contributed by atoms with van der Waals surface area (Å²) < 4.78 is 5.35. The summed E-state index contributed by atoms with van der Waals surface area (Å²) >= 11 is 0. The summed E-state index contributed by atoms with van der Waals surface area (Å²) in [4.78, 5) is 11.2. The second kappa shape index (κ2) is 4.15. The molecule has 2 heteroatoms. The first kappa shape index (κ1) is 11.0. The Kier molecular flexibility index (Phi) is 3.03. The highest BCUT2D eigenvalue weighted by molar-refractivity contribution is 5.72. The van der Waals surface area contributed by atoms with Crippen molar-refractivity contribution in [2.75, 3.05) is 0 Å². The zero-order valence-corrected chi connectivity index (χ0v) is 10.0. The molecule has 0 radical (unpaired) electrons. The minimum Gasteiger partial charge on any atom is -0.462 e. The quantitative estimate of drug-likeness (QED) is 0.669. The van der Waals surface area contributed by atoms with Gasteiger partial charge in [-0.15, -0.1) is 0 Å². The molecule has 0 bridgehead atoms. The summed E-state index contributed by atoms with van der Waals surface area (Å²) in [5, 5.41) is 0. The van der Waals surface area contributed by atoms with Crippen LogP contribution in [0.3, 0.4) is 0 Å². The van der Waals surface area contributed by atoms with E-state index in [9.17, 15) is 4.79 Å². The maximum atomic E-state index is 11.2. The molecule has 1 aliphatic carbocycles. The summed E-state index contributed by atoms with van der Waals surface area (Å²) in [7, 11) is 0. The van der Waals surface area contributed by atoms with Gasteiger partial charge in [-0.05, 0) is 30.6 Å². The SMILES string of the molecule is CC(C)CC[C@@H]1[C@H]2CC(=O)O[C@H]2C[C@H]1C. The fourth-order valence-corrected chi connectivity index (χ4v) is 3.27. The zero-order chi connectivity index (χ0) is 11.0. The third-order valence-electron chi connectivity index (χ3n) is 4.13. The molecular weight excluding hydrogens is 188 g/mol. The Morgan fingerprint density at radius 2 is 2.20 bits per heavy atom. The lowest BCUT2D eigenvalue weighted by Gasteiger charge is -2.20. The molecule has 0 spiro atoms. The Hall–Kier alpha value is -0.530. The van der Waals surface area contributed by atoms with Gasteiger partial charge >= 0.3 is 5.97 Å². The fourth-order valence-electron chi connectivity index (χ4n) is 3.27. The number of carbonyl (C=O) groups is 1. The van der Waals surface area contributed by atoms with Gasteiger partial charge in [0.2, 0.25) is 0 Å². The first-order valence-corrected chi connectivity index (χ1v) is 6.27. The minimum absolute atomic E-state index is 0.0337. The van der Waals surface area contributed by atoms with Crippen molar-refractivity contribution in [3.8, 4) is 0 Å². The van der Waals surface area contributed by atoms with Crippen molar-refractivity contribution in [1.82, 2.24) is 0 Å². The predicted octanol–water partition coefficient (Wildman–Crippen LogP) is 3.01. The van der Waals surface area contributed by atoms with Crippen molar-refractivity contribution < 1.29 is 9.53 Å². The van der Waals surface area contributed by atoms with E-state index < -0.39 is 0 Å². The molecule has 0 aromatic rings. The van der Waals surface area contributed by atoms with Gasteiger partial charge in [-0.1, -0.05) is 27.2 Å². The molecule has 1 saturated heterocycles. The summed E-state index contributed by atoms with van der Waals surface area (Å²) in [6, 6.07) is 0. The third kappa shape index (κ3) is 2.19. The van der Waals surface area contributed by atoms with Crippen LogP contribution < -0.4 is 0 Å². The molecular formula is C13H22O2. The maximum Gasteiger partial charge on any atom is 0.306 e. The van der Waals surface area contributed by atoms with E-state index in [-0.39, 0.29) is 12.1 Å². The lowest BCUT2D eigenvalue weighted by molar-refractivity contribution is -0.141. The standard InChI is InChI=1S/C13H22O2/c1-8(2)4-5-10-9(3)6-12-11(10)7-13(14)15-12/h8-12H,4-7H2,1-3H3/t9-,10+,11-,12+/m1/s1. The highest BCUT2D eigenvalue weighted by Crippen LogP contribution is 2.46. The second-order valence-corrected chi connectivity index (χ2v) is 5.74. The van der Waals surface area contributed by atoms with E-state index in [0.717, 1.165) is 24.2 Å². The lowest BCUT2D eigenvalue weighted by atomic mass is 9.83. The van der Waals surface area contributed by atoms with Crippen LogP contribution in [0.15, 0.2) is 0 Å². The minimum atomic E-state index is 0.0337. The van der Waals surface area contributed by atoms with Crippen LogP contribution in [-0.4, -0.2) is 12.1 Å². The molecule has 1 heterocycles. The maximum absolute atomic E-state index is 11.2. The lowest BCUT2D eigenvalue weighted by Crippen LogP contribution is -2.16.